The fourth-order valence-electron chi connectivity index (χ4n) is 0.808. The third-order valence-corrected chi connectivity index (χ3v) is 1.54. The molecule has 1 aromatic carbocycles. The Bertz CT molecular complexity index is 314. The molecule has 0 bridgehead atoms. The lowest BCUT2D eigenvalue weighted by atomic mass is 10.1. The summed E-state index contributed by atoms with van der Waals surface area (Å²) in [6, 6.07) is 5.09. The highest BCUT2D eigenvalue weighted by Gasteiger charge is 2.07. The van der Waals surface area contributed by atoms with Crippen LogP contribution in [0.5, 0.6) is 0 Å². The van der Waals surface area contributed by atoms with Crippen LogP contribution in [-0.2, 0) is 0 Å². The zero-order valence-corrected chi connectivity index (χ0v) is 6.72. The Morgan fingerprint density at radius 1 is 1.50 bits per heavy atom. The molecule has 0 amide bonds. The van der Waals surface area contributed by atoms with E-state index in [0.29, 0.717) is 0 Å². The zero-order chi connectivity index (χ0) is 9.14. The van der Waals surface area contributed by atoms with Crippen molar-refractivity contribution in [3.8, 4) is 6.07 Å². The smallest absolute Gasteiger partial charge is 0.166 e. The van der Waals surface area contributed by atoms with Gasteiger partial charge in [0.05, 0.1) is 6.07 Å². The van der Waals surface area contributed by atoms with Gasteiger partial charge in [-0.1, -0.05) is 11.6 Å². The summed E-state index contributed by atoms with van der Waals surface area (Å²) >= 11 is 5.49. The molecule has 1 unspecified atom stereocenters. The Labute approximate surface area is 73.8 Å². The molecule has 0 saturated heterocycles. The summed E-state index contributed by atoms with van der Waals surface area (Å²) in [5.41, 5.74) is 0.169. The molecule has 1 atom stereocenters. The number of halogens is 2. The summed E-state index contributed by atoms with van der Waals surface area (Å²) in [7, 11) is 0. The molecule has 2 nitrogen and oxygen atoms in total. The number of aliphatic hydroxyl groups excluding tert-OH is 1. The number of hydrogen-bond donors (Lipinski definition) is 1. The normalized spacial score (nSPS) is 12.2. The molecule has 0 aromatic heterocycles. The lowest BCUT2D eigenvalue weighted by molar-refractivity contribution is 0.235. The van der Waals surface area contributed by atoms with Crippen LogP contribution in [0.25, 0.3) is 0 Å². The van der Waals surface area contributed by atoms with Gasteiger partial charge in [0.1, 0.15) is 5.82 Å². The number of rotatable bonds is 1. The van der Waals surface area contributed by atoms with E-state index in [1.54, 1.807) is 6.07 Å². The van der Waals surface area contributed by atoms with Gasteiger partial charge in [0, 0.05) is 5.02 Å². The molecule has 0 saturated carbocycles. The van der Waals surface area contributed by atoms with E-state index in [1.807, 2.05) is 0 Å². The van der Waals surface area contributed by atoms with Gasteiger partial charge in [-0.3, -0.25) is 0 Å². The minimum atomic E-state index is -1.32. The molecule has 0 aliphatic heterocycles. The summed E-state index contributed by atoms with van der Waals surface area (Å²) in [5.74, 6) is -0.563. The molecular weight excluding hydrogens is 181 g/mol. The SMILES string of the molecule is N#CC(O)c1cc(F)cc(Cl)c1. The molecular formula is C8H5ClFNO. The maximum atomic E-state index is 12.6. The van der Waals surface area contributed by atoms with Gasteiger partial charge in [-0.2, -0.15) is 5.26 Å². The van der Waals surface area contributed by atoms with E-state index in [-0.39, 0.29) is 10.6 Å². The van der Waals surface area contributed by atoms with E-state index in [0.717, 1.165) is 12.1 Å². The number of aliphatic hydroxyl groups is 1. The van der Waals surface area contributed by atoms with E-state index in [4.69, 9.17) is 22.0 Å². The van der Waals surface area contributed by atoms with E-state index in [2.05, 4.69) is 0 Å². The highest BCUT2D eigenvalue weighted by atomic mass is 35.5. The molecule has 1 rings (SSSR count). The molecule has 4 heteroatoms. The van der Waals surface area contributed by atoms with E-state index in [9.17, 15) is 4.39 Å². The summed E-state index contributed by atoms with van der Waals surface area (Å²) in [4.78, 5) is 0. The van der Waals surface area contributed by atoms with Crippen molar-refractivity contribution in [3.63, 3.8) is 0 Å². The largest absolute Gasteiger partial charge is 0.374 e. The highest BCUT2D eigenvalue weighted by Crippen LogP contribution is 2.19. The van der Waals surface area contributed by atoms with E-state index in [1.165, 1.54) is 6.07 Å². The fourth-order valence-corrected chi connectivity index (χ4v) is 1.04. The summed E-state index contributed by atoms with van der Waals surface area (Å²) in [6.07, 6.45) is -1.32. The van der Waals surface area contributed by atoms with Gasteiger partial charge in [0.25, 0.3) is 0 Å². The lowest BCUT2D eigenvalue weighted by Gasteiger charge is -2.02. The van der Waals surface area contributed by atoms with Gasteiger partial charge in [-0.15, -0.1) is 0 Å². The zero-order valence-electron chi connectivity index (χ0n) is 5.96. The third-order valence-electron chi connectivity index (χ3n) is 1.32. The highest BCUT2D eigenvalue weighted by molar-refractivity contribution is 6.30. The van der Waals surface area contributed by atoms with Gasteiger partial charge >= 0.3 is 0 Å². The monoisotopic (exact) mass is 185 g/mol. The molecule has 1 N–H and O–H groups in total. The average Bonchev–Trinajstić information content (AvgIpc) is 2.01. The van der Waals surface area contributed by atoms with E-state index >= 15 is 0 Å². The van der Waals surface area contributed by atoms with Crippen LogP contribution in [-0.4, -0.2) is 5.11 Å². The third kappa shape index (κ3) is 1.94. The molecule has 12 heavy (non-hydrogen) atoms. The van der Waals surface area contributed by atoms with Crippen molar-refractivity contribution in [3.05, 3.63) is 34.6 Å². The number of nitriles is 1. The molecule has 0 aliphatic carbocycles. The number of hydrogen-bond acceptors (Lipinski definition) is 2. The number of benzene rings is 1. The summed E-state index contributed by atoms with van der Waals surface area (Å²) in [5, 5.41) is 17.5. The Kier molecular flexibility index (Phi) is 2.64. The van der Waals surface area contributed by atoms with Crippen LogP contribution >= 0.6 is 11.6 Å². The van der Waals surface area contributed by atoms with Crippen molar-refractivity contribution in [2.24, 2.45) is 0 Å². The second kappa shape index (κ2) is 3.53. The van der Waals surface area contributed by atoms with Crippen LogP contribution in [0.2, 0.25) is 5.02 Å². The molecule has 0 spiro atoms. The number of nitrogens with zero attached hydrogens (tertiary/aromatic N) is 1. The van der Waals surface area contributed by atoms with Crippen molar-refractivity contribution in [1.29, 1.82) is 5.26 Å². The van der Waals surface area contributed by atoms with Crippen molar-refractivity contribution in [2.45, 2.75) is 6.10 Å². The molecule has 0 radical (unpaired) electrons. The van der Waals surface area contributed by atoms with Crippen LogP contribution in [0.3, 0.4) is 0 Å². The van der Waals surface area contributed by atoms with Gasteiger partial charge < -0.3 is 5.11 Å². The van der Waals surface area contributed by atoms with Crippen LogP contribution in [0, 0.1) is 17.1 Å². The Hall–Kier alpha value is -1.11. The Balaban J connectivity index is 3.10. The molecule has 1 aromatic rings. The molecule has 0 fully saturated rings. The van der Waals surface area contributed by atoms with Crippen LogP contribution in [0.15, 0.2) is 18.2 Å². The van der Waals surface area contributed by atoms with E-state index < -0.39 is 11.9 Å². The minimum absolute atomic E-state index is 0.166. The predicted octanol–water partition coefficient (Wildman–Crippen LogP) is 2.04. The maximum Gasteiger partial charge on any atom is 0.166 e. The predicted molar refractivity (Wildman–Crippen MR) is 42.0 cm³/mol. The average molecular weight is 186 g/mol. The molecule has 0 heterocycles. The first-order chi connectivity index (χ1) is 5.63. The Morgan fingerprint density at radius 2 is 2.17 bits per heavy atom. The second-order valence-corrected chi connectivity index (χ2v) is 2.67. The minimum Gasteiger partial charge on any atom is -0.374 e. The van der Waals surface area contributed by atoms with Crippen molar-refractivity contribution >= 4 is 11.6 Å². The summed E-state index contributed by atoms with van der Waals surface area (Å²) < 4.78 is 12.6. The van der Waals surface area contributed by atoms with Gasteiger partial charge in [0.2, 0.25) is 0 Å². The van der Waals surface area contributed by atoms with Crippen molar-refractivity contribution < 1.29 is 9.50 Å². The first kappa shape index (κ1) is 8.98. The standard InChI is InChI=1S/C8H5ClFNO/c9-6-1-5(8(12)4-11)2-7(10)3-6/h1-3,8,12H. The second-order valence-electron chi connectivity index (χ2n) is 2.23. The first-order valence-electron chi connectivity index (χ1n) is 3.17. The van der Waals surface area contributed by atoms with Gasteiger partial charge in [0.15, 0.2) is 6.10 Å². The quantitative estimate of drug-likeness (QED) is 0.681. The van der Waals surface area contributed by atoms with Crippen LogP contribution < -0.4 is 0 Å². The summed E-state index contributed by atoms with van der Waals surface area (Å²) in [6.45, 7) is 0. The fraction of sp³-hybridized carbons (Fsp3) is 0.125. The maximum absolute atomic E-state index is 12.6. The first-order valence-corrected chi connectivity index (χ1v) is 3.55. The molecule has 62 valence electrons. The lowest BCUT2D eigenvalue weighted by Crippen LogP contribution is -1.93. The van der Waals surface area contributed by atoms with Gasteiger partial charge in [-0.05, 0) is 23.8 Å². The Morgan fingerprint density at radius 3 is 2.67 bits per heavy atom. The van der Waals surface area contributed by atoms with Crippen LogP contribution in [0.4, 0.5) is 4.39 Å². The van der Waals surface area contributed by atoms with Crippen molar-refractivity contribution in [2.75, 3.05) is 0 Å². The molecule has 0 aliphatic rings. The van der Waals surface area contributed by atoms with Crippen molar-refractivity contribution in [1.82, 2.24) is 0 Å². The topological polar surface area (TPSA) is 44.0 Å². The van der Waals surface area contributed by atoms with Gasteiger partial charge in [-0.25, -0.2) is 4.39 Å². The van der Waals surface area contributed by atoms with Crippen LogP contribution in [0.1, 0.15) is 11.7 Å².